The van der Waals surface area contributed by atoms with Gasteiger partial charge in [-0.2, -0.15) is 0 Å². The Morgan fingerprint density at radius 3 is 2.56 bits per heavy atom. The maximum Gasteiger partial charge on any atom is 0.310 e. The third kappa shape index (κ3) is 2.99. The van der Waals surface area contributed by atoms with E-state index in [2.05, 4.69) is 5.32 Å². The number of carbonyl (C=O) groups excluding carboxylic acids is 1. The summed E-state index contributed by atoms with van der Waals surface area (Å²) in [6.45, 7) is 0.833. The van der Waals surface area contributed by atoms with Crippen molar-refractivity contribution in [1.29, 1.82) is 0 Å². The van der Waals surface area contributed by atoms with E-state index < -0.39 is 21.7 Å². The lowest BCUT2D eigenvalue weighted by atomic mass is 9.99. The first-order valence-electron chi connectivity index (χ1n) is 5.82. The first kappa shape index (κ1) is 13.3. The van der Waals surface area contributed by atoms with Gasteiger partial charge in [0, 0.05) is 32.1 Å². The molecule has 2 heterocycles. The molecule has 0 saturated carbocycles. The van der Waals surface area contributed by atoms with Gasteiger partial charge in [0.25, 0.3) is 0 Å². The third-order valence-electron chi connectivity index (χ3n) is 3.31. The lowest BCUT2D eigenvalue weighted by Crippen LogP contribution is -2.55. The van der Waals surface area contributed by atoms with E-state index in [9.17, 15) is 18.0 Å². The summed E-state index contributed by atoms with van der Waals surface area (Å²) in [7, 11) is -3.04. The molecule has 2 aliphatic heterocycles. The van der Waals surface area contributed by atoms with Crippen LogP contribution in [0.5, 0.6) is 0 Å². The van der Waals surface area contributed by atoms with Crippen molar-refractivity contribution in [2.24, 2.45) is 5.92 Å². The minimum absolute atomic E-state index is 0.0189. The number of nitrogens with one attached hydrogen (secondary N) is 1. The van der Waals surface area contributed by atoms with Gasteiger partial charge in [-0.3, -0.25) is 9.59 Å². The number of sulfone groups is 1. The van der Waals surface area contributed by atoms with Gasteiger partial charge in [0.15, 0.2) is 9.84 Å². The molecule has 102 valence electrons. The first-order chi connectivity index (χ1) is 8.37. The van der Waals surface area contributed by atoms with Crippen LogP contribution >= 0.6 is 0 Å². The molecule has 2 N–H and O–H groups in total. The van der Waals surface area contributed by atoms with Crippen LogP contribution in [0.3, 0.4) is 0 Å². The zero-order valence-corrected chi connectivity index (χ0v) is 10.6. The molecule has 2 saturated heterocycles. The normalized spacial score (nSPS) is 27.6. The van der Waals surface area contributed by atoms with Crippen molar-refractivity contribution in [2.45, 2.75) is 12.5 Å². The summed E-state index contributed by atoms with van der Waals surface area (Å²) in [4.78, 5) is 23.8. The molecule has 0 aromatic heterocycles. The fourth-order valence-corrected chi connectivity index (χ4v) is 3.62. The highest BCUT2D eigenvalue weighted by atomic mass is 32.2. The zero-order chi connectivity index (χ0) is 13.3. The van der Waals surface area contributed by atoms with Crippen molar-refractivity contribution < 1.29 is 23.1 Å². The van der Waals surface area contributed by atoms with Gasteiger partial charge in [-0.05, 0) is 0 Å². The van der Waals surface area contributed by atoms with Crippen molar-refractivity contribution >= 4 is 21.7 Å². The van der Waals surface area contributed by atoms with Crippen LogP contribution < -0.4 is 5.32 Å². The summed E-state index contributed by atoms with van der Waals surface area (Å²) in [5.41, 5.74) is 0. The lowest BCUT2D eigenvalue weighted by molar-refractivity contribution is -0.152. The number of aliphatic carboxylic acids is 1. The smallest absolute Gasteiger partial charge is 0.310 e. The van der Waals surface area contributed by atoms with Crippen molar-refractivity contribution in [3.63, 3.8) is 0 Å². The maximum atomic E-state index is 11.8. The minimum Gasteiger partial charge on any atom is -0.481 e. The molecular formula is C10H16N2O5S. The number of carbonyl (C=O) groups is 2. The van der Waals surface area contributed by atoms with Crippen molar-refractivity contribution in [3.05, 3.63) is 0 Å². The zero-order valence-electron chi connectivity index (χ0n) is 9.83. The van der Waals surface area contributed by atoms with E-state index >= 15 is 0 Å². The number of likely N-dealkylation sites (tertiary alicyclic amines) is 1. The number of hydrogen-bond acceptors (Lipinski definition) is 5. The summed E-state index contributed by atoms with van der Waals surface area (Å²) < 4.78 is 22.8. The molecule has 2 fully saturated rings. The second kappa shape index (κ2) is 4.85. The van der Waals surface area contributed by atoms with Crippen molar-refractivity contribution in [1.82, 2.24) is 10.2 Å². The predicted octanol–water partition coefficient (Wildman–Crippen LogP) is -1.69. The molecule has 2 rings (SSSR count). The lowest BCUT2D eigenvalue weighted by Gasteiger charge is -2.37. The summed E-state index contributed by atoms with van der Waals surface area (Å²) in [6.07, 6.45) is 0.117. The van der Waals surface area contributed by atoms with E-state index in [0.717, 1.165) is 0 Å². The molecule has 18 heavy (non-hydrogen) atoms. The van der Waals surface area contributed by atoms with Crippen LogP contribution in [0.1, 0.15) is 6.42 Å². The van der Waals surface area contributed by atoms with Crippen LogP contribution in [0, 0.1) is 5.92 Å². The second-order valence-corrected chi connectivity index (χ2v) is 7.03. The highest BCUT2D eigenvalue weighted by molar-refractivity contribution is 7.91. The number of carboxylic acids is 1. The van der Waals surface area contributed by atoms with E-state index in [1.807, 2.05) is 0 Å². The van der Waals surface area contributed by atoms with E-state index in [4.69, 9.17) is 5.11 Å². The number of hydrogen-bond donors (Lipinski definition) is 2. The molecule has 2 aliphatic rings. The number of carboxylic acid groups (broad SMARTS) is 1. The Morgan fingerprint density at radius 2 is 2.00 bits per heavy atom. The van der Waals surface area contributed by atoms with Gasteiger partial charge >= 0.3 is 5.97 Å². The van der Waals surface area contributed by atoms with Gasteiger partial charge in [-0.15, -0.1) is 0 Å². The molecule has 7 nitrogen and oxygen atoms in total. The van der Waals surface area contributed by atoms with Gasteiger partial charge < -0.3 is 15.3 Å². The molecular weight excluding hydrogens is 260 g/mol. The molecule has 0 radical (unpaired) electrons. The second-order valence-electron chi connectivity index (χ2n) is 4.80. The molecule has 1 unspecified atom stereocenters. The van der Waals surface area contributed by atoms with E-state index in [0.29, 0.717) is 6.54 Å². The summed E-state index contributed by atoms with van der Waals surface area (Å²) >= 11 is 0. The molecule has 0 aromatic carbocycles. The SMILES string of the molecule is O=C(O)C1CN(C(=O)CC2CS(=O)(=O)CCN2)C1. The summed E-state index contributed by atoms with van der Waals surface area (Å²) in [6, 6.07) is -0.347. The average molecular weight is 276 g/mol. The fraction of sp³-hybridized carbons (Fsp3) is 0.800. The van der Waals surface area contributed by atoms with Crippen LogP contribution in [0.15, 0.2) is 0 Å². The van der Waals surface area contributed by atoms with Crippen LogP contribution in [-0.4, -0.2) is 67.5 Å². The topological polar surface area (TPSA) is 104 Å². The Hall–Kier alpha value is -1.15. The summed E-state index contributed by atoms with van der Waals surface area (Å²) in [5, 5.41) is 11.7. The van der Waals surface area contributed by atoms with Gasteiger partial charge in [-0.1, -0.05) is 0 Å². The number of nitrogens with zero attached hydrogens (tertiary/aromatic N) is 1. The Balaban J connectivity index is 1.80. The Morgan fingerprint density at radius 1 is 1.33 bits per heavy atom. The maximum absolute atomic E-state index is 11.8. The number of amides is 1. The fourth-order valence-electron chi connectivity index (χ4n) is 2.18. The predicted molar refractivity (Wildman–Crippen MR) is 62.8 cm³/mol. The molecule has 0 aliphatic carbocycles. The monoisotopic (exact) mass is 276 g/mol. The van der Waals surface area contributed by atoms with Gasteiger partial charge in [0.1, 0.15) is 0 Å². The Bertz CT molecular complexity index is 455. The standard InChI is InChI=1S/C10H16N2O5S/c13-9(12-4-7(5-12)10(14)15)3-8-6-18(16,17)2-1-11-8/h7-8,11H,1-6H2,(H,14,15). The van der Waals surface area contributed by atoms with Crippen LogP contribution in [0.25, 0.3) is 0 Å². The average Bonchev–Trinajstić information content (AvgIpc) is 2.11. The Kier molecular flexibility index (Phi) is 3.58. The van der Waals surface area contributed by atoms with Crippen LogP contribution in [0.2, 0.25) is 0 Å². The van der Waals surface area contributed by atoms with Crippen molar-refractivity contribution in [2.75, 3.05) is 31.1 Å². The van der Waals surface area contributed by atoms with Gasteiger partial charge in [-0.25, -0.2) is 8.42 Å². The number of rotatable bonds is 3. The highest BCUT2D eigenvalue weighted by Gasteiger charge is 2.37. The molecule has 0 aromatic rings. The van der Waals surface area contributed by atoms with E-state index in [-0.39, 0.29) is 43.0 Å². The quantitative estimate of drug-likeness (QED) is 0.637. The molecule has 1 atom stereocenters. The molecule has 8 heteroatoms. The van der Waals surface area contributed by atoms with E-state index in [1.54, 1.807) is 0 Å². The van der Waals surface area contributed by atoms with Crippen LogP contribution in [-0.2, 0) is 19.4 Å². The largest absolute Gasteiger partial charge is 0.481 e. The van der Waals surface area contributed by atoms with Gasteiger partial charge in [0.2, 0.25) is 5.91 Å². The van der Waals surface area contributed by atoms with Gasteiger partial charge in [0.05, 0.1) is 17.4 Å². The molecule has 0 spiro atoms. The third-order valence-corrected chi connectivity index (χ3v) is 5.04. The Labute approximate surface area is 105 Å². The van der Waals surface area contributed by atoms with Crippen LogP contribution in [0.4, 0.5) is 0 Å². The minimum atomic E-state index is -3.04. The first-order valence-corrected chi connectivity index (χ1v) is 7.64. The molecule has 1 amide bonds. The highest BCUT2D eigenvalue weighted by Crippen LogP contribution is 2.18. The van der Waals surface area contributed by atoms with E-state index in [1.165, 1.54) is 4.90 Å². The van der Waals surface area contributed by atoms with Crippen molar-refractivity contribution in [3.8, 4) is 0 Å². The molecule has 0 bridgehead atoms. The summed E-state index contributed by atoms with van der Waals surface area (Å²) in [5.74, 6) is -1.45.